The first-order valence-corrected chi connectivity index (χ1v) is 7.00. The molecule has 1 aliphatic rings. The average Bonchev–Trinajstić information content (AvgIpc) is 2.46. The molecule has 1 N–H and O–H groups in total. The Kier molecular flexibility index (Phi) is 3.38. The lowest BCUT2D eigenvalue weighted by atomic mass is 9.97. The molecule has 3 rings (SSSR count). The smallest absolute Gasteiger partial charge is 0.0726 e. The average molecular weight is 256 g/mol. The number of aromatic nitrogens is 1. The summed E-state index contributed by atoms with van der Waals surface area (Å²) in [6.07, 6.45) is 2.15. The molecule has 0 radical (unpaired) electrons. The Balaban J connectivity index is 1.96. The minimum atomic E-state index is 0.323. The minimum Gasteiger partial charge on any atom is -0.396 e. The van der Waals surface area contributed by atoms with Gasteiger partial charge in [0.1, 0.15) is 0 Å². The van der Waals surface area contributed by atoms with Crippen LogP contribution in [0.2, 0.25) is 0 Å². The molecule has 0 spiro atoms. The van der Waals surface area contributed by atoms with Crippen molar-refractivity contribution in [2.75, 3.05) is 24.6 Å². The molecule has 1 saturated heterocycles. The lowest BCUT2D eigenvalue weighted by Gasteiger charge is -2.33. The van der Waals surface area contributed by atoms with Crippen molar-refractivity contribution in [1.29, 1.82) is 0 Å². The second-order valence-electron chi connectivity index (χ2n) is 5.41. The molecule has 1 aromatic heterocycles. The van der Waals surface area contributed by atoms with E-state index in [0.717, 1.165) is 37.1 Å². The molecule has 1 fully saturated rings. The Hall–Kier alpha value is -1.61. The molecule has 1 aliphatic heterocycles. The van der Waals surface area contributed by atoms with Crippen LogP contribution in [0.4, 0.5) is 5.69 Å². The van der Waals surface area contributed by atoms with E-state index in [1.165, 1.54) is 11.1 Å². The largest absolute Gasteiger partial charge is 0.396 e. The van der Waals surface area contributed by atoms with E-state index in [0.29, 0.717) is 12.5 Å². The zero-order valence-electron chi connectivity index (χ0n) is 11.3. The third-order valence-electron chi connectivity index (χ3n) is 4.04. The fourth-order valence-electron chi connectivity index (χ4n) is 2.90. The maximum atomic E-state index is 9.24. The summed E-state index contributed by atoms with van der Waals surface area (Å²) in [5.41, 5.74) is 3.43. The number of rotatable bonds is 2. The predicted octanol–water partition coefficient (Wildman–Crippen LogP) is 2.75. The normalized spacial score (nSPS) is 17.1. The van der Waals surface area contributed by atoms with Crippen LogP contribution in [0.25, 0.3) is 10.9 Å². The number of piperidine rings is 1. The number of aliphatic hydroxyl groups is 1. The summed E-state index contributed by atoms with van der Waals surface area (Å²) in [5, 5.41) is 10.5. The molecule has 0 aliphatic carbocycles. The fraction of sp³-hybridized carbons (Fsp3) is 0.438. The van der Waals surface area contributed by atoms with Gasteiger partial charge in [-0.3, -0.25) is 4.98 Å². The topological polar surface area (TPSA) is 36.4 Å². The number of benzene rings is 1. The van der Waals surface area contributed by atoms with Crippen LogP contribution in [0.1, 0.15) is 18.5 Å². The number of aliphatic hydroxyl groups excluding tert-OH is 1. The number of hydrogen-bond donors (Lipinski definition) is 1. The monoisotopic (exact) mass is 256 g/mol. The lowest BCUT2D eigenvalue weighted by Crippen LogP contribution is -2.34. The van der Waals surface area contributed by atoms with Gasteiger partial charge < -0.3 is 10.0 Å². The molecule has 0 bridgehead atoms. The van der Waals surface area contributed by atoms with Crippen LogP contribution in [-0.2, 0) is 0 Å². The van der Waals surface area contributed by atoms with Gasteiger partial charge in [-0.1, -0.05) is 18.2 Å². The molecular weight excluding hydrogens is 236 g/mol. The molecule has 2 aromatic rings. The van der Waals surface area contributed by atoms with E-state index in [-0.39, 0.29) is 0 Å². The summed E-state index contributed by atoms with van der Waals surface area (Å²) >= 11 is 0. The number of hydrogen-bond acceptors (Lipinski definition) is 3. The first kappa shape index (κ1) is 12.4. The van der Waals surface area contributed by atoms with Gasteiger partial charge >= 0.3 is 0 Å². The van der Waals surface area contributed by atoms with Crippen LogP contribution in [0.3, 0.4) is 0 Å². The predicted molar refractivity (Wildman–Crippen MR) is 78.5 cm³/mol. The summed E-state index contributed by atoms with van der Waals surface area (Å²) in [6.45, 7) is 4.43. The summed E-state index contributed by atoms with van der Waals surface area (Å²) < 4.78 is 0. The van der Waals surface area contributed by atoms with Gasteiger partial charge in [0.05, 0.1) is 5.52 Å². The van der Waals surface area contributed by atoms with Crippen molar-refractivity contribution in [1.82, 2.24) is 4.98 Å². The molecule has 0 unspecified atom stereocenters. The highest BCUT2D eigenvalue weighted by Gasteiger charge is 2.20. The van der Waals surface area contributed by atoms with Gasteiger partial charge in [-0.25, -0.2) is 0 Å². The second-order valence-corrected chi connectivity index (χ2v) is 5.41. The van der Waals surface area contributed by atoms with Gasteiger partial charge in [0.2, 0.25) is 0 Å². The zero-order valence-corrected chi connectivity index (χ0v) is 11.3. The Bertz CT molecular complexity index is 574. The number of anilines is 1. The highest BCUT2D eigenvalue weighted by atomic mass is 16.3. The van der Waals surface area contributed by atoms with E-state index in [4.69, 9.17) is 0 Å². The molecule has 19 heavy (non-hydrogen) atoms. The van der Waals surface area contributed by atoms with Crippen LogP contribution in [0, 0.1) is 12.8 Å². The summed E-state index contributed by atoms with van der Waals surface area (Å²) in [5.74, 6) is 0.477. The summed E-state index contributed by atoms with van der Waals surface area (Å²) in [6, 6.07) is 10.5. The number of fused-ring (bicyclic) bond motifs is 1. The number of nitrogens with zero attached hydrogens (tertiary/aromatic N) is 2. The van der Waals surface area contributed by atoms with E-state index < -0.39 is 0 Å². The van der Waals surface area contributed by atoms with Gasteiger partial charge in [-0.15, -0.1) is 0 Å². The van der Waals surface area contributed by atoms with E-state index in [1.807, 2.05) is 6.07 Å². The summed E-state index contributed by atoms with van der Waals surface area (Å²) in [7, 11) is 0. The molecule has 3 nitrogen and oxygen atoms in total. The van der Waals surface area contributed by atoms with Crippen LogP contribution >= 0.6 is 0 Å². The number of aryl methyl sites for hydroxylation is 1. The molecule has 2 heterocycles. The van der Waals surface area contributed by atoms with Gasteiger partial charge in [0.15, 0.2) is 0 Å². The molecule has 0 saturated carbocycles. The van der Waals surface area contributed by atoms with Crippen molar-refractivity contribution in [3.63, 3.8) is 0 Å². The molecule has 1 aromatic carbocycles. The van der Waals surface area contributed by atoms with Crippen molar-refractivity contribution >= 4 is 16.6 Å². The summed E-state index contributed by atoms with van der Waals surface area (Å²) in [4.78, 5) is 7.03. The maximum absolute atomic E-state index is 9.24. The first-order chi connectivity index (χ1) is 9.28. The molecule has 0 atom stereocenters. The van der Waals surface area contributed by atoms with Crippen molar-refractivity contribution in [2.45, 2.75) is 19.8 Å². The Morgan fingerprint density at radius 3 is 2.74 bits per heavy atom. The van der Waals surface area contributed by atoms with E-state index in [2.05, 4.69) is 41.1 Å². The maximum Gasteiger partial charge on any atom is 0.0726 e. The van der Waals surface area contributed by atoms with Gasteiger partial charge in [0.25, 0.3) is 0 Å². The quantitative estimate of drug-likeness (QED) is 0.897. The Labute approximate surface area is 113 Å². The second kappa shape index (κ2) is 5.17. The van der Waals surface area contributed by atoms with E-state index in [1.54, 1.807) is 0 Å². The fourth-order valence-corrected chi connectivity index (χ4v) is 2.90. The minimum absolute atomic E-state index is 0.323. The van der Waals surface area contributed by atoms with E-state index >= 15 is 0 Å². The molecule has 0 amide bonds. The highest BCUT2D eigenvalue weighted by Crippen LogP contribution is 2.30. The number of para-hydroxylation sites is 1. The molecular formula is C16H20N2O. The SMILES string of the molecule is Cc1cc(N2CCC(CO)CC2)c2ccccc2n1. The van der Waals surface area contributed by atoms with Crippen molar-refractivity contribution in [3.05, 3.63) is 36.0 Å². The zero-order chi connectivity index (χ0) is 13.2. The van der Waals surface area contributed by atoms with Crippen molar-refractivity contribution in [2.24, 2.45) is 5.92 Å². The highest BCUT2D eigenvalue weighted by molar-refractivity contribution is 5.92. The standard InChI is InChI=1S/C16H20N2O/c1-12-10-16(14-4-2-3-5-15(14)17-12)18-8-6-13(11-19)7-9-18/h2-5,10,13,19H,6-9,11H2,1H3. The van der Waals surface area contributed by atoms with Gasteiger partial charge in [0, 0.05) is 36.5 Å². The Morgan fingerprint density at radius 2 is 2.00 bits per heavy atom. The van der Waals surface area contributed by atoms with Crippen LogP contribution in [0.5, 0.6) is 0 Å². The molecule has 3 heteroatoms. The van der Waals surface area contributed by atoms with Crippen LogP contribution in [-0.4, -0.2) is 29.8 Å². The van der Waals surface area contributed by atoms with Gasteiger partial charge in [-0.2, -0.15) is 0 Å². The third-order valence-corrected chi connectivity index (χ3v) is 4.04. The van der Waals surface area contributed by atoms with Crippen LogP contribution < -0.4 is 4.90 Å². The van der Waals surface area contributed by atoms with Crippen molar-refractivity contribution in [3.8, 4) is 0 Å². The van der Waals surface area contributed by atoms with Crippen molar-refractivity contribution < 1.29 is 5.11 Å². The lowest BCUT2D eigenvalue weighted by molar-refractivity contribution is 0.203. The molecule has 100 valence electrons. The van der Waals surface area contributed by atoms with E-state index in [9.17, 15) is 5.11 Å². The Morgan fingerprint density at radius 1 is 1.26 bits per heavy atom. The third kappa shape index (κ3) is 2.43. The van der Waals surface area contributed by atoms with Crippen LogP contribution in [0.15, 0.2) is 30.3 Å². The number of pyridine rings is 1. The van der Waals surface area contributed by atoms with Gasteiger partial charge in [-0.05, 0) is 37.8 Å². The first-order valence-electron chi connectivity index (χ1n) is 7.00.